The van der Waals surface area contributed by atoms with Gasteiger partial charge >= 0.3 is 12.1 Å². The predicted octanol–water partition coefficient (Wildman–Crippen LogP) is 1.77. The van der Waals surface area contributed by atoms with E-state index in [9.17, 15) is 21.6 Å². The first kappa shape index (κ1) is 25.8. The van der Waals surface area contributed by atoms with Crippen LogP contribution >= 0.6 is 0 Å². The number of benzene rings is 1. The molecule has 0 atom stereocenters. The van der Waals surface area contributed by atoms with Gasteiger partial charge in [0.15, 0.2) is 0 Å². The Morgan fingerprint density at radius 3 is 2.40 bits per heavy atom. The number of fused-ring (bicyclic) bond motifs is 1. The van der Waals surface area contributed by atoms with E-state index >= 15 is 0 Å². The van der Waals surface area contributed by atoms with Gasteiger partial charge in [-0.2, -0.15) is 13.2 Å². The van der Waals surface area contributed by atoms with Crippen molar-refractivity contribution in [3.63, 3.8) is 0 Å². The van der Waals surface area contributed by atoms with Crippen LogP contribution in [-0.4, -0.2) is 68.9 Å². The number of carboxylic acid groups (broad SMARTS) is 1. The van der Waals surface area contributed by atoms with E-state index in [0.717, 1.165) is 27.9 Å². The van der Waals surface area contributed by atoms with Crippen molar-refractivity contribution < 1.29 is 36.6 Å². The number of aliphatic carboxylic acids is 1. The summed E-state index contributed by atoms with van der Waals surface area (Å²) in [6, 6.07) is 10.5. The molecule has 0 aliphatic rings. The summed E-state index contributed by atoms with van der Waals surface area (Å²) in [6.45, 7) is 0.271. The van der Waals surface area contributed by atoms with Crippen LogP contribution in [0.2, 0.25) is 0 Å². The number of rotatable bonds is 7. The van der Waals surface area contributed by atoms with Gasteiger partial charge in [-0.25, -0.2) is 27.6 Å². The number of sulfonamides is 1. The minimum atomic E-state index is -5.08. The number of nitrogens with zero attached hydrogens (tertiary/aromatic N) is 4. The summed E-state index contributed by atoms with van der Waals surface area (Å²) >= 11 is 0. The highest BCUT2D eigenvalue weighted by atomic mass is 32.2. The Balaban J connectivity index is 0.000000429. The van der Waals surface area contributed by atoms with Crippen LogP contribution in [0.25, 0.3) is 22.2 Å². The van der Waals surface area contributed by atoms with Gasteiger partial charge in [-0.15, -0.1) is 5.10 Å². The molecule has 4 aromatic rings. The van der Waals surface area contributed by atoms with Gasteiger partial charge in [0.2, 0.25) is 10.0 Å². The lowest BCUT2D eigenvalue weighted by Gasteiger charge is -2.07. The molecule has 0 aliphatic heterocycles. The van der Waals surface area contributed by atoms with Crippen molar-refractivity contribution in [2.75, 3.05) is 13.2 Å². The molecule has 15 heteroatoms. The molecule has 4 N–H and O–H groups in total. The number of pyridine rings is 1. The van der Waals surface area contributed by atoms with Crippen LogP contribution in [0.4, 0.5) is 13.2 Å². The second-order valence-corrected chi connectivity index (χ2v) is 8.73. The Bertz CT molecular complexity index is 1390. The molecule has 186 valence electrons. The van der Waals surface area contributed by atoms with Crippen molar-refractivity contribution in [3.05, 3.63) is 60.7 Å². The fourth-order valence-electron chi connectivity index (χ4n) is 2.99. The Morgan fingerprint density at radius 1 is 1.14 bits per heavy atom. The SMILES string of the molecule is O=C(O)C(F)(F)F.O=S(=O)(NCCO)c1ccc(-c2ccnc3[nH]c(Cn4ccnn4)cc23)cc1. The molecular weight excluding hydrogens is 493 g/mol. The molecule has 1 aromatic carbocycles. The first-order valence-electron chi connectivity index (χ1n) is 9.83. The molecule has 0 bridgehead atoms. The van der Waals surface area contributed by atoms with Crippen LogP contribution in [0, 0.1) is 0 Å². The Labute approximate surface area is 196 Å². The van der Waals surface area contributed by atoms with Gasteiger partial charge in [0.25, 0.3) is 0 Å². The molecule has 4 rings (SSSR count). The van der Waals surface area contributed by atoms with E-state index in [1.807, 2.05) is 12.1 Å². The van der Waals surface area contributed by atoms with Crippen LogP contribution in [0.5, 0.6) is 0 Å². The smallest absolute Gasteiger partial charge is 0.475 e. The zero-order valence-electron chi connectivity index (χ0n) is 17.8. The number of nitrogens with one attached hydrogen (secondary N) is 2. The lowest BCUT2D eigenvalue weighted by atomic mass is 10.0. The molecule has 0 amide bonds. The predicted molar refractivity (Wildman–Crippen MR) is 117 cm³/mol. The molecule has 35 heavy (non-hydrogen) atoms. The molecule has 3 aromatic heterocycles. The molecule has 0 saturated carbocycles. The minimum absolute atomic E-state index is 0.0209. The Hall–Kier alpha value is -3.82. The second-order valence-electron chi connectivity index (χ2n) is 6.96. The van der Waals surface area contributed by atoms with Gasteiger partial charge in [0.05, 0.1) is 24.2 Å². The topological polar surface area (TPSA) is 163 Å². The van der Waals surface area contributed by atoms with Crippen LogP contribution in [0.1, 0.15) is 5.69 Å². The Kier molecular flexibility index (Phi) is 7.83. The maximum absolute atomic E-state index is 12.2. The molecular formula is C20H19F3N6O5S. The molecule has 11 nitrogen and oxygen atoms in total. The third-order valence-electron chi connectivity index (χ3n) is 4.51. The maximum atomic E-state index is 12.2. The van der Waals surface area contributed by atoms with Crippen molar-refractivity contribution >= 4 is 27.0 Å². The number of hydrogen-bond acceptors (Lipinski definition) is 7. The van der Waals surface area contributed by atoms with Crippen molar-refractivity contribution in [1.29, 1.82) is 0 Å². The molecule has 0 fully saturated rings. The lowest BCUT2D eigenvalue weighted by Crippen LogP contribution is -2.26. The highest BCUT2D eigenvalue weighted by molar-refractivity contribution is 7.89. The summed E-state index contributed by atoms with van der Waals surface area (Å²) in [4.78, 5) is 16.7. The van der Waals surface area contributed by atoms with Gasteiger partial charge in [0, 0.05) is 30.0 Å². The number of aliphatic hydroxyl groups excluding tert-OH is 1. The monoisotopic (exact) mass is 512 g/mol. The fourth-order valence-corrected chi connectivity index (χ4v) is 4.01. The molecule has 0 unspecified atom stereocenters. The van der Waals surface area contributed by atoms with Crippen LogP contribution in [0.15, 0.2) is 59.9 Å². The quantitative estimate of drug-likeness (QED) is 0.291. The largest absolute Gasteiger partial charge is 0.490 e. The van der Waals surface area contributed by atoms with Gasteiger partial charge in [0.1, 0.15) is 5.65 Å². The van der Waals surface area contributed by atoms with Crippen LogP contribution in [-0.2, 0) is 21.4 Å². The number of carboxylic acids is 1. The van der Waals surface area contributed by atoms with Crippen molar-refractivity contribution in [2.24, 2.45) is 0 Å². The number of hydrogen-bond donors (Lipinski definition) is 4. The van der Waals surface area contributed by atoms with E-state index in [0.29, 0.717) is 6.54 Å². The minimum Gasteiger partial charge on any atom is -0.475 e. The average Bonchev–Trinajstić information content (AvgIpc) is 3.47. The van der Waals surface area contributed by atoms with Gasteiger partial charge in [-0.05, 0) is 35.4 Å². The first-order chi connectivity index (χ1) is 16.5. The molecule has 0 radical (unpaired) electrons. The molecule has 0 spiro atoms. The third-order valence-corrected chi connectivity index (χ3v) is 5.99. The maximum Gasteiger partial charge on any atom is 0.490 e. The Morgan fingerprint density at radius 2 is 1.83 bits per heavy atom. The normalized spacial score (nSPS) is 11.8. The highest BCUT2D eigenvalue weighted by Crippen LogP contribution is 2.29. The average molecular weight is 512 g/mol. The van der Waals surface area contributed by atoms with E-state index in [1.165, 1.54) is 0 Å². The van der Waals surface area contributed by atoms with E-state index in [1.54, 1.807) is 47.5 Å². The van der Waals surface area contributed by atoms with E-state index in [-0.39, 0.29) is 18.0 Å². The highest BCUT2D eigenvalue weighted by Gasteiger charge is 2.38. The summed E-state index contributed by atoms with van der Waals surface area (Å²) in [6.07, 6.45) is 0.0298. The van der Waals surface area contributed by atoms with E-state index in [2.05, 4.69) is 25.0 Å². The van der Waals surface area contributed by atoms with Crippen LogP contribution < -0.4 is 4.72 Å². The first-order valence-corrected chi connectivity index (χ1v) is 11.3. The number of aromatic amines is 1. The number of H-pyrrole nitrogens is 1. The summed E-state index contributed by atoms with van der Waals surface area (Å²) in [5, 5.41) is 24.6. The standard InChI is InChI=1S/C18H18N6O3S.C2HF3O2/c25-10-8-21-28(26,27)15-3-1-13(2-4-15)16-5-6-19-18-17(16)11-14(22-18)12-24-9-7-20-23-24;3-2(4,5)1(6)7/h1-7,9,11,21,25H,8,10,12H2,(H,19,22);(H,6,7). The second kappa shape index (κ2) is 10.6. The van der Waals surface area contributed by atoms with Crippen molar-refractivity contribution in [2.45, 2.75) is 17.6 Å². The van der Waals surface area contributed by atoms with Crippen LogP contribution in [0.3, 0.4) is 0 Å². The molecule has 0 saturated heterocycles. The number of carbonyl (C=O) groups is 1. The van der Waals surface area contributed by atoms with Gasteiger partial charge < -0.3 is 15.2 Å². The van der Waals surface area contributed by atoms with Crippen molar-refractivity contribution in [1.82, 2.24) is 29.7 Å². The number of aromatic nitrogens is 5. The summed E-state index contributed by atoms with van der Waals surface area (Å²) in [5.74, 6) is -2.76. The van der Waals surface area contributed by atoms with Gasteiger partial charge in [-0.3, -0.25) is 0 Å². The molecule has 0 aliphatic carbocycles. The molecule has 3 heterocycles. The van der Waals surface area contributed by atoms with E-state index < -0.39 is 22.2 Å². The van der Waals surface area contributed by atoms with Crippen molar-refractivity contribution in [3.8, 4) is 11.1 Å². The zero-order valence-corrected chi connectivity index (χ0v) is 18.6. The third kappa shape index (κ3) is 6.62. The fraction of sp³-hybridized carbons (Fsp3) is 0.200. The number of aliphatic hydroxyl groups is 1. The summed E-state index contributed by atoms with van der Waals surface area (Å²) in [5.41, 5.74) is 3.50. The summed E-state index contributed by atoms with van der Waals surface area (Å²) in [7, 11) is -3.63. The zero-order chi connectivity index (χ0) is 25.6. The number of alkyl halides is 3. The van der Waals surface area contributed by atoms with E-state index in [4.69, 9.17) is 15.0 Å². The summed E-state index contributed by atoms with van der Waals surface area (Å²) < 4.78 is 60.1. The lowest BCUT2D eigenvalue weighted by molar-refractivity contribution is -0.192. The van der Waals surface area contributed by atoms with Gasteiger partial charge in [-0.1, -0.05) is 17.3 Å². The number of halogens is 3.